The Bertz CT molecular complexity index is 831. The van der Waals surface area contributed by atoms with Gasteiger partial charge in [0.1, 0.15) is 5.56 Å². The van der Waals surface area contributed by atoms with Crippen molar-refractivity contribution >= 4 is 23.1 Å². The SMILES string of the molecule is O=C(ON1NNc2cccnc21)c1cnn2cccnc12. The number of anilines is 2. The van der Waals surface area contributed by atoms with Gasteiger partial charge < -0.3 is 4.84 Å². The van der Waals surface area contributed by atoms with Crippen LogP contribution in [0.1, 0.15) is 10.4 Å². The third-order valence-corrected chi connectivity index (χ3v) is 2.94. The highest BCUT2D eigenvalue weighted by atomic mass is 16.7. The summed E-state index contributed by atoms with van der Waals surface area (Å²) in [6, 6.07) is 5.30. The van der Waals surface area contributed by atoms with Crippen molar-refractivity contribution in [3.8, 4) is 0 Å². The van der Waals surface area contributed by atoms with Crippen molar-refractivity contribution in [2.45, 2.75) is 0 Å². The van der Waals surface area contributed by atoms with Crippen LogP contribution in [0, 0.1) is 0 Å². The van der Waals surface area contributed by atoms with E-state index in [0.717, 1.165) is 5.17 Å². The molecule has 9 nitrogen and oxygen atoms in total. The van der Waals surface area contributed by atoms with E-state index in [1.165, 1.54) is 10.7 Å². The van der Waals surface area contributed by atoms with Gasteiger partial charge in [-0.2, -0.15) is 5.10 Å². The highest BCUT2D eigenvalue weighted by Crippen LogP contribution is 2.26. The number of rotatable bonds is 2. The first-order chi connectivity index (χ1) is 10.3. The fourth-order valence-corrected chi connectivity index (χ4v) is 1.99. The third-order valence-electron chi connectivity index (χ3n) is 2.94. The molecule has 4 rings (SSSR count). The van der Waals surface area contributed by atoms with Crippen molar-refractivity contribution < 1.29 is 9.63 Å². The number of fused-ring (bicyclic) bond motifs is 2. The number of nitrogens with zero attached hydrogens (tertiary/aromatic N) is 5. The van der Waals surface area contributed by atoms with E-state index >= 15 is 0 Å². The molecular formula is C12H9N7O2. The molecule has 3 aromatic rings. The summed E-state index contributed by atoms with van der Waals surface area (Å²) < 4.78 is 1.50. The zero-order chi connectivity index (χ0) is 14.2. The molecule has 3 aromatic heterocycles. The fourth-order valence-electron chi connectivity index (χ4n) is 1.99. The number of pyridine rings is 1. The smallest absolute Gasteiger partial charge is 0.316 e. The molecule has 0 saturated heterocycles. The number of carbonyl (C=O) groups excluding carboxylic acids is 1. The van der Waals surface area contributed by atoms with Gasteiger partial charge in [0.2, 0.25) is 5.82 Å². The van der Waals surface area contributed by atoms with Crippen LogP contribution >= 0.6 is 0 Å². The molecule has 0 saturated carbocycles. The average Bonchev–Trinajstić information content (AvgIpc) is 3.12. The molecule has 0 unspecified atom stereocenters. The molecule has 0 amide bonds. The largest absolute Gasteiger partial charge is 0.370 e. The summed E-state index contributed by atoms with van der Waals surface area (Å²) in [6.45, 7) is 0. The van der Waals surface area contributed by atoms with Gasteiger partial charge in [0.05, 0.1) is 11.9 Å². The van der Waals surface area contributed by atoms with E-state index in [1.54, 1.807) is 36.8 Å². The maximum atomic E-state index is 12.2. The van der Waals surface area contributed by atoms with Gasteiger partial charge in [-0.15, -0.1) is 5.53 Å². The van der Waals surface area contributed by atoms with Crippen LogP contribution < -0.4 is 16.1 Å². The lowest BCUT2D eigenvalue weighted by atomic mass is 10.3. The Hall–Kier alpha value is -3.20. The molecule has 1 aliphatic heterocycles. The maximum absolute atomic E-state index is 12.2. The van der Waals surface area contributed by atoms with Crippen LogP contribution in [0.2, 0.25) is 0 Å². The fraction of sp³-hybridized carbons (Fsp3) is 0. The number of nitrogens with one attached hydrogen (secondary N) is 2. The lowest BCUT2D eigenvalue weighted by Crippen LogP contribution is -2.38. The van der Waals surface area contributed by atoms with Crippen molar-refractivity contribution in [2.75, 3.05) is 10.6 Å². The first kappa shape index (κ1) is 11.6. The van der Waals surface area contributed by atoms with Gasteiger partial charge in [-0.25, -0.2) is 19.3 Å². The minimum absolute atomic E-state index is 0.266. The van der Waals surface area contributed by atoms with Crippen LogP contribution in [0.5, 0.6) is 0 Å². The Morgan fingerprint density at radius 1 is 1.24 bits per heavy atom. The van der Waals surface area contributed by atoms with Gasteiger partial charge in [0.15, 0.2) is 5.65 Å². The first-order valence-electron chi connectivity index (χ1n) is 6.10. The molecule has 0 spiro atoms. The summed E-state index contributed by atoms with van der Waals surface area (Å²) in [5.41, 5.74) is 6.93. The minimum Gasteiger partial charge on any atom is -0.316 e. The Kier molecular flexibility index (Phi) is 2.44. The lowest BCUT2D eigenvalue weighted by Gasteiger charge is -2.14. The summed E-state index contributed by atoms with van der Waals surface area (Å²) in [5.74, 6) is -0.119. The Morgan fingerprint density at radius 3 is 3.10 bits per heavy atom. The molecule has 9 heteroatoms. The Balaban J connectivity index is 1.62. The summed E-state index contributed by atoms with van der Waals surface area (Å²) >= 11 is 0. The van der Waals surface area contributed by atoms with Crippen molar-refractivity contribution in [3.63, 3.8) is 0 Å². The van der Waals surface area contributed by atoms with Gasteiger partial charge >= 0.3 is 5.97 Å². The van der Waals surface area contributed by atoms with E-state index in [1.807, 2.05) is 0 Å². The number of hydrazine groups is 2. The van der Waals surface area contributed by atoms with E-state index in [4.69, 9.17) is 4.84 Å². The number of hydrogen-bond acceptors (Lipinski definition) is 8. The molecule has 0 atom stereocenters. The highest BCUT2D eigenvalue weighted by Gasteiger charge is 2.25. The van der Waals surface area contributed by atoms with Gasteiger partial charge in [0, 0.05) is 18.6 Å². The van der Waals surface area contributed by atoms with E-state index in [9.17, 15) is 4.79 Å². The summed E-state index contributed by atoms with van der Waals surface area (Å²) in [5, 5.41) is 5.20. The Labute approximate surface area is 118 Å². The van der Waals surface area contributed by atoms with Crippen LogP contribution in [0.25, 0.3) is 5.65 Å². The normalized spacial score (nSPS) is 13.0. The molecule has 1 aliphatic rings. The summed E-state index contributed by atoms with van der Waals surface area (Å²) in [6.07, 6.45) is 6.30. The topological polar surface area (TPSA) is 96.7 Å². The molecule has 104 valence electrons. The average molecular weight is 283 g/mol. The van der Waals surface area contributed by atoms with Crippen molar-refractivity contribution in [1.29, 1.82) is 0 Å². The molecule has 2 N–H and O–H groups in total. The second-order valence-corrected chi connectivity index (χ2v) is 4.23. The second-order valence-electron chi connectivity index (χ2n) is 4.23. The number of hydrogen-bond donors (Lipinski definition) is 2. The van der Waals surface area contributed by atoms with Crippen molar-refractivity contribution in [2.24, 2.45) is 0 Å². The molecule has 0 bridgehead atoms. The van der Waals surface area contributed by atoms with Gasteiger partial charge in [-0.1, -0.05) is 5.17 Å². The predicted molar refractivity (Wildman–Crippen MR) is 71.9 cm³/mol. The molecule has 0 aliphatic carbocycles. The standard InChI is InChI=1S/C12H9N7O2/c20-12(8-7-15-18-6-2-5-13-10(8)18)21-19-11-9(16-17-19)3-1-4-14-11/h1-7,16-17H. The van der Waals surface area contributed by atoms with E-state index in [0.29, 0.717) is 17.2 Å². The van der Waals surface area contributed by atoms with Crippen LogP contribution in [-0.2, 0) is 4.84 Å². The zero-order valence-corrected chi connectivity index (χ0v) is 10.6. The molecule has 0 fully saturated rings. The predicted octanol–water partition coefficient (Wildman–Crippen LogP) is 0.548. The molecule has 0 radical (unpaired) electrons. The van der Waals surface area contributed by atoms with E-state index in [-0.39, 0.29) is 5.56 Å². The number of aromatic nitrogens is 4. The first-order valence-corrected chi connectivity index (χ1v) is 6.10. The summed E-state index contributed by atoms with van der Waals surface area (Å²) in [4.78, 5) is 25.7. The van der Waals surface area contributed by atoms with Gasteiger partial charge in [-0.05, 0) is 18.2 Å². The quantitative estimate of drug-likeness (QED) is 0.703. The monoisotopic (exact) mass is 283 g/mol. The van der Waals surface area contributed by atoms with Crippen molar-refractivity contribution in [3.05, 3.63) is 48.5 Å². The third kappa shape index (κ3) is 1.83. The summed E-state index contributed by atoms with van der Waals surface area (Å²) in [7, 11) is 0. The van der Waals surface area contributed by atoms with Crippen LogP contribution in [0.3, 0.4) is 0 Å². The van der Waals surface area contributed by atoms with Crippen LogP contribution in [0.4, 0.5) is 11.5 Å². The van der Waals surface area contributed by atoms with E-state index in [2.05, 4.69) is 26.0 Å². The molecule has 4 heterocycles. The molecule has 21 heavy (non-hydrogen) atoms. The van der Waals surface area contributed by atoms with E-state index < -0.39 is 5.97 Å². The second kappa shape index (κ2) is 4.42. The maximum Gasteiger partial charge on any atom is 0.370 e. The zero-order valence-electron chi connectivity index (χ0n) is 10.6. The molecule has 0 aromatic carbocycles. The van der Waals surface area contributed by atoms with Crippen LogP contribution in [-0.4, -0.2) is 25.6 Å². The van der Waals surface area contributed by atoms with Gasteiger partial charge in [0.25, 0.3) is 0 Å². The Morgan fingerprint density at radius 2 is 2.14 bits per heavy atom. The lowest BCUT2D eigenvalue weighted by molar-refractivity contribution is 0.0412. The van der Waals surface area contributed by atoms with Gasteiger partial charge in [-0.3, -0.25) is 5.43 Å². The van der Waals surface area contributed by atoms with Crippen LogP contribution in [0.15, 0.2) is 43.0 Å². The van der Waals surface area contributed by atoms with Crippen molar-refractivity contribution in [1.82, 2.24) is 25.1 Å². The molecular weight excluding hydrogens is 274 g/mol. The number of carbonyl (C=O) groups is 1. The minimum atomic E-state index is -0.587. The highest BCUT2D eigenvalue weighted by molar-refractivity contribution is 5.96.